The monoisotopic (exact) mass is 362 g/mol. The second kappa shape index (κ2) is 5.65. The van der Waals surface area contributed by atoms with E-state index in [9.17, 15) is 8.42 Å². The van der Waals surface area contributed by atoms with Crippen LogP contribution in [0.5, 0.6) is 0 Å². The quantitative estimate of drug-likeness (QED) is 0.756. The molecule has 0 saturated heterocycles. The molecular formula is C11H11ClN4O2S3. The predicted molar refractivity (Wildman–Crippen MR) is 83.8 cm³/mol. The number of sulfonamides is 1. The summed E-state index contributed by atoms with van der Waals surface area (Å²) in [5.41, 5.74) is 0. The van der Waals surface area contributed by atoms with Crippen LogP contribution in [0.4, 0.5) is 0 Å². The third-order valence-corrected chi connectivity index (χ3v) is 6.47. The lowest BCUT2D eigenvalue weighted by molar-refractivity contribution is 0.570. The maximum Gasteiger partial charge on any atom is 0.259 e. The Labute approximate surface area is 134 Å². The number of hydrogen-bond donors (Lipinski definition) is 1. The van der Waals surface area contributed by atoms with Gasteiger partial charge in [-0.15, -0.1) is 22.7 Å². The molecule has 3 aromatic heterocycles. The topological polar surface area (TPSA) is 76.4 Å². The maximum absolute atomic E-state index is 12.4. The van der Waals surface area contributed by atoms with Gasteiger partial charge < -0.3 is 0 Å². The lowest BCUT2D eigenvalue weighted by Crippen LogP contribution is -2.28. The first kappa shape index (κ1) is 14.9. The van der Waals surface area contributed by atoms with Crippen molar-refractivity contribution in [1.29, 1.82) is 0 Å². The molecule has 0 spiro atoms. The van der Waals surface area contributed by atoms with E-state index in [0.29, 0.717) is 4.96 Å². The molecule has 0 bridgehead atoms. The van der Waals surface area contributed by atoms with Gasteiger partial charge in [0.2, 0.25) is 0 Å². The number of hydrogen-bond acceptors (Lipinski definition) is 6. The Morgan fingerprint density at radius 1 is 1.43 bits per heavy atom. The summed E-state index contributed by atoms with van der Waals surface area (Å²) in [7, 11) is -3.73. The average molecular weight is 363 g/mol. The van der Waals surface area contributed by atoms with E-state index in [0.717, 1.165) is 5.01 Å². The Hall–Kier alpha value is -1.00. The minimum atomic E-state index is -3.73. The van der Waals surface area contributed by atoms with Gasteiger partial charge in [0.05, 0.1) is 5.01 Å². The molecule has 0 fully saturated rings. The fourth-order valence-electron chi connectivity index (χ4n) is 1.85. The van der Waals surface area contributed by atoms with Crippen molar-refractivity contribution < 1.29 is 8.42 Å². The fraction of sp³-hybridized carbons (Fsp3) is 0.273. The molecule has 3 aromatic rings. The smallest absolute Gasteiger partial charge is 0.259 e. The van der Waals surface area contributed by atoms with Crippen LogP contribution in [0.25, 0.3) is 4.96 Å². The molecule has 112 valence electrons. The van der Waals surface area contributed by atoms with Crippen LogP contribution in [-0.2, 0) is 10.0 Å². The van der Waals surface area contributed by atoms with E-state index < -0.39 is 10.0 Å². The summed E-state index contributed by atoms with van der Waals surface area (Å²) in [5, 5.41) is 4.47. The lowest BCUT2D eigenvalue weighted by Gasteiger charge is -2.10. The third-order valence-electron chi connectivity index (χ3n) is 2.89. The molecule has 1 atom stereocenters. The Morgan fingerprint density at radius 2 is 2.24 bits per heavy atom. The van der Waals surface area contributed by atoms with Crippen molar-refractivity contribution in [2.24, 2.45) is 0 Å². The number of halogens is 1. The van der Waals surface area contributed by atoms with Gasteiger partial charge >= 0.3 is 0 Å². The maximum atomic E-state index is 12.4. The molecule has 0 saturated carbocycles. The molecule has 0 aliphatic rings. The third kappa shape index (κ3) is 2.84. The highest BCUT2D eigenvalue weighted by Crippen LogP contribution is 2.25. The van der Waals surface area contributed by atoms with E-state index in [1.165, 1.54) is 27.1 Å². The van der Waals surface area contributed by atoms with Gasteiger partial charge in [0.25, 0.3) is 10.0 Å². The minimum absolute atomic E-state index is 0.00978. The summed E-state index contributed by atoms with van der Waals surface area (Å²) in [6.45, 7) is 2.17. The highest BCUT2D eigenvalue weighted by molar-refractivity contribution is 7.89. The second-order valence-corrected chi connectivity index (χ2v) is 8.23. The van der Waals surface area contributed by atoms with Gasteiger partial charge in [0.1, 0.15) is 0 Å². The van der Waals surface area contributed by atoms with Crippen molar-refractivity contribution in [3.05, 3.63) is 33.3 Å². The fourth-order valence-corrected chi connectivity index (χ4v) is 5.12. The molecule has 10 heteroatoms. The van der Waals surface area contributed by atoms with Crippen molar-refractivity contribution in [3.63, 3.8) is 0 Å². The van der Waals surface area contributed by atoms with E-state index in [4.69, 9.17) is 11.6 Å². The van der Waals surface area contributed by atoms with Crippen LogP contribution in [0.2, 0.25) is 5.15 Å². The largest absolute Gasteiger partial charge is 0.279 e. The van der Waals surface area contributed by atoms with Crippen molar-refractivity contribution >= 4 is 49.3 Å². The van der Waals surface area contributed by atoms with Gasteiger partial charge in [0, 0.05) is 35.6 Å². The van der Waals surface area contributed by atoms with Gasteiger partial charge in [-0.3, -0.25) is 4.40 Å². The van der Waals surface area contributed by atoms with Crippen LogP contribution in [0.1, 0.15) is 17.8 Å². The summed E-state index contributed by atoms with van der Waals surface area (Å²) < 4.78 is 28.9. The summed E-state index contributed by atoms with van der Waals surface area (Å²) in [4.78, 5) is 8.76. The molecule has 6 nitrogen and oxygen atoms in total. The second-order valence-electron chi connectivity index (χ2n) is 4.39. The number of aromatic nitrogens is 3. The summed E-state index contributed by atoms with van der Waals surface area (Å²) in [6, 6.07) is 0. The molecule has 1 N–H and O–H groups in total. The van der Waals surface area contributed by atoms with Crippen molar-refractivity contribution in [1.82, 2.24) is 19.1 Å². The first-order valence-electron chi connectivity index (χ1n) is 5.99. The molecule has 0 aliphatic carbocycles. The normalized spacial score (nSPS) is 13.8. The highest BCUT2D eigenvalue weighted by Gasteiger charge is 2.25. The average Bonchev–Trinajstić information content (AvgIpc) is 3.10. The number of nitrogens with one attached hydrogen (secondary N) is 1. The summed E-state index contributed by atoms with van der Waals surface area (Å²) in [5.74, 6) is -0.00978. The standard InChI is InChI=1S/C11H11ClN4O2S3/c1-7(9-13-2-4-19-9)6-14-21(17,18)10-8(12)15-11-16(10)3-5-20-11/h2-5,7,14H,6H2,1H3. The molecular weight excluding hydrogens is 352 g/mol. The van der Waals surface area contributed by atoms with Gasteiger partial charge in [-0.05, 0) is 0 Å². The van der Waals surface area contributed by atoms with Crippen LogP contribution >= 0.6 is 34.3 Å². The highest BCUT2D eigenvalue weighted by atomic mass is 35.5. The van der Waals surface area contributed by atoms with Gasteiger partial charge in [-0.25, -0.2) is 23.1 Å². The minimum Gasteiger partial charge on any atom is -0.279 e. The van der Waals surface area contributed by atoms with Gasteiger partial charge in [0.15, 0.2) is 15.1 Å². The summed E-state index contributed by atoms with van der Waals surface area (Å²) in [6.07, 6.45) is 3.34. The van der Waals surface area contributed by atoms with Crippen molar-refractivity contribution in [2.45, 2.75) is 17.9 Å². The van der Waals surface area contributed by atoms with Gasteiger partial charge in [-0.2, -0.15) is 0 Å². The molecule has 21 heavy (non-hydrogen) atoms. The Bertz CT molecular complexity index is 853. The van der Waals surface area contributed by atoms with E-state index in [1.807, 2.05) is 12.3 Å². The Kier molecular flexibility index (Phi) is 4.02. The zero-order valence-electron chi connectivity index (χ0n) is 10.9. The van der Waals surface area contributed by atoms with E-state index in [2.05, 4.69) is 14.7 Å². The lowest BCUT2D eigenvalue weighted by atomic mass is 10.2. The zero-order chi connectivity index (χ0) is 15.0. The van der Waals surface area contributed by atoms with Crippen LogP contribution in [0, 0.1) is 0 Å². The molecule has 0 aromatic carbocycles. The first-order valence-corrected chi connectivity index (χ1v) is 9.61. The molecule has 0 amide bonds. The Balaban J connectivity index is 1.84. The van der Waals surface area contributed by atoms with Crippen molar-refractivity contribution in [3.8, 4) is 0 Å². The number of nitrogens with zero attached hydrogens (tertiary/aromatic N) is 3. The predicted octanol–water partition coefficient (Wildman–Crippen LogP) is 2.59. The van der Waals surface area contributed by atoms with E-state index in [1.54, 1.807) is 17.8 Å². The van der Waals surface area contributed by atoms with Crippen LogP contribution in [0.3, 0.4) is 0 Å². The SMILES string of the molecule is CC(CNS(=O)(=O)c1c(Cl)nc2sccn12)c1nccs1. The van der Waals surface area contributed by atoms with E-state index in [-0.39, 0.29) is 22.6 Å². The van der Waals surface area contributed by atoms with Crippen molar-refractivity contribution in [2.75, 3.05) is 6.54 Å². The van der Waals surface area contributed by atoms with Crippen LogP contribution in [-0.4, -0.2) is 29.3 Å². The summed E-state index contributed by atoms with van der Waals surface area (Å²) >= 11 is 8.78. The number of fused-ring (bicyclic) bond motifs is 1. The molecule has 3 heterocycles. The number of rotatable bonds is 5. The Morgan fingerprint density at radius 3 is 2.95 bits per heavy atom. The zero-order valence-corrected chi connectivity index (χ0v) is 14.1. The van der Waals surface area contributed by atoms with E-state index >= 15 is 0 Å². The molecule has 3 rings (SSSR count). The molecule has 0 radical (unpaired) electrons. The molecule has 1 unspecified atom stereocenters. The van der Waals surface area contributed by atoms with Crippen LogP contribution in [0.15, 0.2) is 28.2 Å². The van der Waals surface area contributed by atoms with Crippen LogP contribution < -0.4 is 4.72 Å². The first-order chi connectivity index (χ1) is 9.99. The molecule has 0 aliphatic heterocycles. The number of thiazole rings is 2. The number of imidazole rings is 1. The van der Waals surface area contributed by atoms with Gasteiger partial charge in [-0.1, -0.05) is 18.5 Å².